The van der Waals surface area contributed by atoms with Gasteiger partial charge >= 0.3 is 0 Å². The van der Waals surface area contributed by atoms with Crippen LogP contribution < -0.4 is 5.32 Å². The number of rotatable bonds is 6. The molecule has 8 heteroatoms. The van der Waals surface area contributed by atoms with E-state index in [2.05, 4.69) is 20.5 Å². The van der Waals surface area contributed by atoms with Crippen molar-refractivity contribution < 1.29 is 13.2 Å². The first-order chi connectivity index (χ1) is 13.5. The number of nitrogens with one attached hydrogen (secondary N) is 1. The molecule has 0 spiro atoms. The van der Waals surface area contributed by atoms with Gasteiger partial charge in [-0.15, -0.1) is 10.2 Å². The molecule has 146 valence electrons. The van der Waals surface area contributed by atoms with E-state index < -0.39 is 17.4 Å². The third-order valence-electron chi connectivity index (χ3n) is 5.16. The Kier molecular flexibility index (Phi) is 5.05. The molecule has 0 bridgehead atoms. The molecule has 4 rings (SSSR count). The maximum atomic E-state index is 14.2. The number of hydrogen-bond acceptors (Lipinski definition) is 5. The minimum absolute atomic E-state index is 0.201. The largest absolute Gasteiger partial charge is 0.359 e. The Morgan fingerprint density at radius 2 is 2.00 bits per heavy atom. The molecule has 1 N–H and O–H groups in total. The van der Waals surface area contributed by atoms with Gasteiger partial charge in [0.15, 0.2) is 5.01 Å². The van der Waals surface area contributed by atoms with Crippen LogP contribution in [0, 0.1) is 11.6 Å². The molecule has 1 aromatic carbocycles. The smallest absolute Gasteiger partial charge is 0.206 e. The third kappa shape index (κ3) is 3.48. The summed E-state index contributed by atoms with van der Waals surface area (Å²) in [4.78, 5) is 4.14. The number of aromatic nitrogens is 3. The molecule has 0 saturated heterocycles. The molecule has 1 fully saturated rings. The predicted octanol–water partition coefficient (Wildman–Crippen LogP) is 4.92. The van der Waals surface area contributed by atoms with E-state index in [4.69, 9.17) is 0 Å². The number of nitrogens with zero attached hydrogens (tertiary/aromatic N) is 3. The van der Waals surface area contributed by atoms with Crippen LogP contribution in [-0.4, -0.2) is 27.9 Å². The van der Waals surface area contributed by atoms with Gasteiger partial charge in [-0.05, 0) is 49.1 Å². The third-order valence-corrected chi connectivity index (χ3v) is 6.07. The van der Waals surface area contributed by atoms with Gasteiger partial charge in [0.05, 0.1) is 5.69 Å². The lowest BCUT2D eigenvalue weighted by atomic mass is 9.65. The molecule has 0 radical (unpaired) electrons. The average Bonchev–Trinajstić information content (AvgIpc) is 3.14. The summed E-state index contributed by atoms with van der Waals surface area (Å²) in [6, 6.07) is 7.79. The molecule has 0 unspecified atom stereocenters. The van der Waals surface area contributed by atoms with Crippen LogP contribution in [0.5, 0.6) is 0 Å². The van der Waals surface area contributed by atoms with Gasteiger partial charge in [0.25, 0.3) is 0 Å². The Morgan fingerprint density at radius 3 is 2.71 bits per heavy atom. The summed E-state index contributed by atoms with van der Waals surface area (Å²) < 4.78 is 42.0. The van der Waals surface area contributed by atoms with Crippen molar-refractivity contribution in [3.63, 3.8) is 0 Å². The van der Waals surface area contributed by atoms with Gasteiger partial charge in [0.1, 0.15) is 17.8 Å². The van der Waals surface area contributed by atoms with Gasteiger partial charge in [-0.2, -0.15) is 0 Å². The highest BCUT2D eigenvalue weighted by molar-refractivity contribution is 7.18. The van der Waals surface area contributed by atoms with Crippen LogP contribution in [0.2, 0.25) is 0 Å². The monoisotopic (exact) mass is 404 g/mol. The zero-order chi connectivity index (χ0) is 19.7. The quantitative estimate of drug-likeness (QED) is 0.633. The molecule has 0 atom stereocenters. The van der Waals surface area contributed by atoms with E-state index in [1.807, 2.05) is 6.92 Å². The first kappa shape index (κ1) is 18.9. The molecule has 3 aromatic rings. The minimum atomic E-state index is -0.973. The maximum absolute atomic E-state index is 14.2. The summed E-state index contributed by atoms with van der Waals surface area (Å²) in [5, 5.41) is 12.2. The van der Waals surface area contributed by atoms with Crippen molar-refractivity contribution in [3.05, 3.63) is 59.4 Å². The van der Waals surface area contributed by atoms with E-state index in [1.165, 1.54) is 35.7 Å². The van der Waals surface area contributed by atoms with E-state index in [0.717, 1.165) is 12.0 Å². The number of alkyl halides is 1. The van der Waals surface area contributed by atoms with Crippen molar-refractivity contribution in [1.82, 2.24) is 15.2 Å². The van der Waals surface area contributed by atoms with E-state index in [-0.39, 0.29) is 30.9 Å². The van der Waals surface area contributed by atoms with Crippen molar-refractivity contribution >= 4 is 16.5 Å². The number of anilines is 1. The summed E-state index contributed by atoms with van der Waals surface area (Å²) in [5.74, 6) is -0.793. The molecule has 1 aliphatic rings. The average molecular weight is 404 g/mol. The fourth-order valence-electron chi connectivity index (χ4n) is 3.59. The van der Waals surface area contributed by atoms with Gasteiger partial charge in [0, 0.05) is 23.7 Å². The lowest BCUT2D eigenvalue weighted by molar-refractivity contribution is 0.0965. The van der Waals surface area contributed by atoms with Gasteiger partial charge in [-0.25, -0.2) is 13.2 Å². The van der Waals surface area contributed by atoms with Crippen molar-refractivity contribution in [2.45, 2.75) is 37.8 Å². The normalized spacial score (nSPS) is 21.4. The fraction of sp³-hybridized carbons (Fsp3) is 0.350. The summed E-state index contributed by atoms with van der Waals surface area (Å²) in [7, 11) is 0. The van der Waals surface area contributed by atoms with Gasteiger partial charge in [-0.3, -0.25) is 4.98 Å². The van der Waals surface area contributed by atoms with Crippen molar-refractivity contribution in [2.75, 3.05) is 11.9 Å². The van der Waals surface area contributed by atoms with Crippen LogP contribution >= 0.6 is 11.3 Å². The second-order valence-corrected chi connectivity index (χ2v) is 8.03. The highest BCUT2D eigenvalue weighted by Gasteiger charge is 2.48. The fourth-order valence-corrected chi connectivity index (χ4v) is 4.35. The number of pyridine rings is 1. The second kappa shape index (κ2) is 7.50. The topological polar surface area (TPSA) is 50.7 Å². The number of aryl methyl sites for hydroxylation is 1. The number of hydrogen-bond donors (Lipinski definition) is 1. The van der Waals surface area contributed by atoms with Crippen molar-refractivity contribution in [1.29, 1.82) is 0 Å². The molecule has 2 heterocycles. The Morgan fingerprint density at radius 1 is 1.18 bits per heavy atom. The summed E-state index contributed by atoms with van der Waals surface area (Å²) in [5.41, 5.74) is 0.962. The molecule has 1 aliphatic carbocycles. The van der Waals surface area contributed by atoms with Crippen LogP contribution in [0.25, 0.3) is 10.6 Å². The lowest BCUT2D eigenvalue weighted by Gasteiger charge is -2.43. The first-order valence-electron chi connectivity index (χ1n) is 9.12. The van der Waals surface area contributed by atoms with Gasteiger partial charge < -0.3 is 5.32 Å². The van der Waals surface area contributed by atoms with Crippen LogP contribution in [-0.2, 0) is 11.8 Å². The molecule has 0 amide bonds. The maximum Gasteiger partial charge on any atom is 0.206 e. The highest BCUT2D eigenvalue weighted by atomic mass is 32.1. The molecule has 4 nitrogen and oxygen atoms in total. The number of benzene rings is 1. The van der Waals surface area contributed by atoms with E-state index in [0.29, 0.717) is 15.7 Å². The Hall–Kier alpha value is -2.48. The Balaban J connectivity index is 1.54. The van der Waals surface area contributed by atoms with E-state index in [1.54, 1.807) is 12.1 Å². The lowest BCUT2D eigenvalue weighted by Crippen LogP contribution is -2.48. The standard InChI is InChI=1S/C20H19F3N4S/c1-2-12-5-6-15(22)14(8-12)18-26-27-19(28-18)25-11-20(9-13(21)10-20)17-16(23)4-3-7-24-17/h3-8,13H,2,9-11H2,1H3,(H,25,27)/t13-,20-. The molecule has 28 heavy (non-hydrogen) atoms. The SMILES string of the molecule is CCc1ccc(F)c(-c2nnc(NC[C@]3(c4ncccc4F)C[C@H](F)C3)s2)c1. The zero-order valence-corrected chi connectivity index (χ0v) is 16.1. The number of halogens is 3. The van der Waals surface area contributed by atoms with E-state index >= 15 is 0 Å². The van der Waals surface area contributed by atoms with Crippen LogP contribution in [0.3, 0.4) is 0 Å². The Labute approximate surface area is 164 Å². The van der Waals surface area contributed by atoms with Crippen molar-refractivity contribution in [3.8, 4) is 10.6 Å². The van der Waals surface area contributed by atoms with Crippen LogP contribution in [0.15, 0.2) is 36.5 Å². The molecular weight excluding hydrogens is 385 g/mol. The predicted molar refractivity (Wildman–Crippen MR) is 103 cm³/mol. The zero-order valence-electron chi connectivity index (χ0n) is 15.3. The second-order valence-electron chi connectivity index (χ2n) is 7.05. The van der Waals surface area contributed by atoms with Crippen molar-refractivity contribution in [2.24, 2.45) is 0 Å². The molecule has 2 aromatic heterocycles. The van der Waals surface area contributed by atoms with Crippen LogP contribution in [0.1, 0.15) is 31.0 Å². The van der Waals surface area contributed by atoms with Gasteiger partial charge in [0.2, 0.25) is 5.13 Å². The summed E-state index contributed by atoms with van der Waals surface area (Å²) >= 11 is 1.21. The van der Waals surface area contributed by atoms with Crippen LogP contribution in [0.4, 0.5) is 18.3 Å². The highest BCUT2D eigenvalue weighted by Crippen LogP contribution is 2.45. The first-order valence-corrected chi connectivity index (χ1v) is 9.93. The summed E-state index contributed by atoms with van der Waals surface area (Å²) in [6.07, 6.45) is 1.73. The summed E-state index contributed by atoms with van der Waals surface area (Å²) in [6.45, 7) is 2.28. The van der Waals surface area contributed by atoms with Gasteiger partial charge in [-0.1, -0.05) is 24.3 Å². The molecule has 1 saturated carbocycles. The molecule has 0 aliphatic heterocycles. The minimum Gasteiger partial charge on any atom is -0.359 e. The Bertz CT molecular complexity index is 985. The molecular formula is C20H19F3N4S. The van der Waals surface area contributed by atoms with E-state index in [9.17, 15) is 13.2 Å².